The molecule has 3 aliphatic heterocycles. The lowest BCUT2D eigenvalue weighted by atomic mass is 9.84. The van der Waals surface area contributed by atoms with Crippen LogP contribution in [0.2, 0.25) is 0 Å². The number of sulfonamides is 1. The van der Waals surface area contributed by atoms with Gasteiger partial charge in [-0.3, -0.25) is 9.62 Å². The maximum absolute atomic E-state index is 13.7. The van der Waals surface area contributed by atoms with Gasteiger partial charge in [-0.1, -0.05) is 6.07 Å². The number of aromatic nitrogens is 2. The van der Waals surface area contributed by atoms with Crippen molar-refractivity contribution in [1.82, 2.24) is 19.6 Å². The van der Waals surface area contributed by atoms with Crippen molar-refractivity contribution in [3.63, 3.8) is 0 Å². The van der Waals surface area contributed by atoms with Crippen LogP contribution in [0.1, 0.15) is 49.7 Å². The number of hydrogen-bond acceptors (Lipinski definition) is 6. The summed E-state index contributed by atoms with van der Waals surface area (Å²) in [5.41, 5.74) is 0.493. The second-order valence-corrected chi connectivity index (χ2v) is 12.3. The topological polar surface area (TPSA) is 90.8 Å². The van der Waals surface area contributed by atoms with Gasteiger partial charge in [0.25, 0.3) is 0 Å². The number of halogens is 3. The molecule has 1 N–H and O–H groups in total. The Balaban J connectivity index is 1.26. The Hall–Kier alpha value is -2.80. The van der Waals surface area contributed by atoms with Gasteiger partial charge in [0.15, 0.2) is 5.82 Å². The second-order valence-electron chi connectivity index (χ2n) is 10.6. The first-order valence-corrected chi connectivity index (χ1v) is 14.9. The van der Waals surface area contributed by atoms with Crippen molar-refractivity contribution in [2.24, 2.45) is 0 Å². The number of piperidine rings is 1. The van der Waals surface area contributed by atoms with Crippen LogP contribution >= 0.6 is 0 Å². The summed E-state index contributed by atoms with van der Waals surface area (Å²) >= 11 is 0. The zero-order chi connectivity index (χ0) is 27.1. The largest absolute Gasteiger partial charge is 0.418 e. The number of likely N-dealkylation sites (tertiary alicyclic amines) is 2. The summed E-state index contributed by atoms with van der Waals surface area (Å²) in [6.07, 6.45) is 3.38. The lowest BCUT2D eigenvalue weighted by Crippen LogP contribution is -2.53. The van der Waals surface area contributed by atoms with Crippen molar-refractivity contribution in [3.05, 3.63) is 41.6 Å². The Kier molecular flexibility index (Phi) is 7.10. The number of alkyl halides is 3. The molecular formula is C25H33F3N6O3S. The monoisotopic (exact) mass is 554 g/mol. The van der Waals surface area contributed by atoms with Gasteiger partial charge in [0.05, 0.1) is 11.8 Å². The first-order chi connectivity index (χ1) is 17.9. The third-order valence-corrected chi connectivity index (χ3v) is 8.55. The van der Waals surface area contributed by atoms with E-state index in [1.54, 1.807) is 17.0 Å². The first kappa shape index (κ1) is 26.8. The number of anilines is 2. The average molecular weight is 555 g/mol. The quantitative estimate of drug-likeness (QED) is 0.602. The molecule has 3 aliphatic rings. The number of carbonyl (C=O) groups excluding carboxylic acids is 1. The molecule has 5 rings (SSSR count). The van der Waals surface area contributed by atoms with Crippen LogP contribution in [0.25, 0.3) is 0 Å². The van der Waals surface area contributed by atoms with Crippen molar-refractivity contribution >= 4 is 27.6 Å². The van der Waals surface area contributed by atoms with Crippen LogP contribution in [0, 0.1) is 0 Å². The molecule has 13 heteroatoms. The molecule has 2 aromatic rings. The molecule has 0 saturated carbocycles. The zero-order valence-electron chi connectivity index (χ0n) is 21.4. The highest BCUT2D eigenvalue weighted by molar-refractivity contribution is 7.92. The Morgan fingerprint density at radius 3 is 2.39 bits per heavy atom. The highest BCUT2D eigenvalue weighted by atomic mass is 32.2. The molecule has 1 aromatic carbocycles. The molecule has 9 nitrogen and oxygen atoms in total. The van der Waals surface area contributed by atoms with E-state index in [1.807, 2.05) is 4.90 Å². The molecule has 0 bridgehead atoms. The van der Waals surface area contributed by atoms with E-state index in [2.05, 4.69) is 14.7 Å². The van der Waals surface area contributed by atoms with Gasteiger partial charge in [-0.05, 0) is 62.8 Å². The molecule has 0 radical (unpaired) electrons. The van der Waals surface area contributed by atoms with Gasteiger partial charge >= 0.3 is 12.2 Å². The Bertz CT molecular complexity index is 1280. The number of nitrogens with zero attached hydrogens (tertiary/aromatic N) is 5. The Labute approximate surface area is 220 Å². The summed E-state index contributed by atoms with van der Waals surface area (Å²) in [6.45, 7) is 3.78. The van der Waals surface area contributed by atoms with Crippen LogP contribution in [0.15, 0.2) is 30.5 Å². The molecule has 3 saturated heterocycles. The standard InChI is InChI=1S/C25H33F3N6O3S/c1-38(36,37)30-22-7-14-34(29-22)23(35)32-15-9-24(10-16-32)8-4-13-33(24)18-19-5-6-20(25(26,27)28)21(17-19)31-11-2-3-12-31/h5-7,14,17H,2-4,8-13,15-16,18H2,1H3,(H,29,30). The molecule has 4 heterocycles. The van der Waals surface area contributed by atoms with Gasteiger partial charge in [0, 0.05) is 56.2 Å². The normalized spacial score (nSPS) is 20.4. The molecule has 0 atom stereocenters. The minimum absolute atomic E-state index is 0.0844. The van der Waals surface area contributed by atoms with Crippen LogP contribution in [-0.2, 0) is 22.7 Å². The summed E-state index contributed by atoms with van der Waals surface area (Å²) in [7, 11) is -3.49. The Morgan fingerprint density at radius 2 is 1.74 bits per heavy atom. The van der Waals surface area contributed by atoms with Crippen molar-refractivity contribution in [3.8, 4) is 0 Å². The smallest absolute Gasteiger partial charge is 0.371 e. The molecule has 0 aliphatic carbocycles. The highest BCUT2D eigenvalue weighted by Gasteiger charge is 2.44. The van der Waals surface area contributed by atoms with E-state index < -0.39 is 21.8 Å². The predicted molar refractivity (Wildman–Crippen MR) is 138 cm³/mol. The van der Waals surface area contributed by atoms with E-state index in [9.17, 15) is 26.4 Å². The van der Waals surface area contributed by atoms with Gasteiger partial charge in [-0.15, -0.1) is 5.10 Å². The second kappa shape index (κ2) is 10.1. The SMILES string of the molecule is CS(=O)(=O)Nc1ccn(C(=O)N2CCC3(CCCN3Cc3ccc(C(F)(F)F)c(N4CCCC4)c3)CC2)n1. The minimum Gasteiger partial charge on any atom is -0.371 e. The fourth-order valence-electron chi connectivity index (χ4n) is 6.10. The minimum atomic E-state index is -4.39. The summed E-state index contributed by atoms with van der Waals surface area (Å²) < 4.78 is 67.4. The van der Waals surface area contributed by atoms with E-state index in [-0.39, 0.29) is 23.1 Å². The fourth-order valence-corrected chi connectivity index (χ4v) is 6.59. The van der Waals surface area contributed by atoms with E-state index in [0.29, 0.717) is 32.7 Å². The number of rotatable bonds is 5. The molecule has 1 aromatic heterocycles. The van der Waals surface area contributed by atoms with Crippen LogP contribution in [0.5, 0.6) is 0 Å². The molecule has 1 spiro atoms. The molecule has 1 amide bonds. The summed E-state index contributed by atoms with van der Waals surface area (Å²) in [6, 6.07) is 5.67. The van der Waals surface area contributed by atoms with E-state index in [1.165, 1.54) is 18.3 Å². The third kappa shape index (κ3) is 5.63. The lowest BCUT2D eigenvalue weighted by molar-refractivity contribution is -0.137. The molecular weight excluding hydrogens is 521 g/mol. The van der Waals surface area contributed by atoms with Crippen molar-refractivity contribution in [2.75, 3.05) is 48.6 Å². The number of nitrogens with one attached hydrogen (secondary N) is 1. The zero-order valence-corrected chi connectivity index (χ0v) is 22.2. The van der Waals surface area contributed by atoms with Gasteiger partial charge in [-0.25, -0.2) is 13.2 Å². The molecule has 38 heavy (non-hydrogen) atoms. The van der Waals surface area contributed by atoms with Crippen LogP contribution in [-0.4, -0.2) is 78.5 Å². The average Bonchev–Trinajstić information content (AvgIpc) is 3.60. The summed E-state index contributed by atoms with van der Waals surface area (Å²) in [5, 5.41) is 4.04. The van der Waals surface area contributed by atoms with Crippen LogP contribution in [0.4, 0.5) is 29.5 Å². The van der Waals surface area contributed by atoms with Crippen LogP contribution < -0.4 is 9.62 Å². The van der Waals surface area contributed by atoms with Crippen molar-refractivity contribution in [2.45, 2.75) is 56.8 Å². The summed E-state index contributed by atoms with van der Waals surface area (Å²) in [4.78, 5) is 18.9. The maximum Gasteiger partial charge on any atom is 0.418 e. The molecule has 0 unspecified atom stereocenters. The Morgan fingerprint density at radius 1 is 1.03 bits per heavy atom. The highest BCUT2D eigenvalue weighted by Crippen LogP contribution is 2.42. The molecule has 208 valence electrons. The summed E-state index contributed by atoms with van der Waals surface area (Å²) in [5.74, 6) is 0.0844. The van der Waals surface area contributed by atoms with Gasteiger partial charge in [0.2, 0.25) is 10.0 Å². The molecule has 3 fully saturated rings. The number of amides is 1. The van der Waals surface area contributed by atoms with Gasteiger partial charge in [0.1, 0.15) is 0 Å². The lowest BCUT2D eigenvalue weighted by Gasteiger charge is -2.45. The third-order valence-electron chi connectivity index (χ3n) is 7.97. The predicted octanol–water partition coefficient (Wildman–Crippen LogP) is 3.97. The van der Waals surface area contributed by atoms with E-state index in [4.69, 9.17) is 0 Å². The number of carbonyl (C=O) groups is 1. The van der Waals surface area contributed by atoms with Crippen molar-refractivity contribution in [1.29, 1.82) is 0 Å². The van der Waals surface area contributed by atoms with E-state index >= 15 is 0 Å². The van der Waals surface area contributed by atoms with Gasteiger partial charge in [-0.2, -0.15) is 17.9 Å². The van der Waals surface area contributed by atoms with Crippen molar-refractivity contribution < 1.29 is 26.4 Å². The van der Waals surface area contributed by atoms with E-state index in [0.717, 1.165) is 61.6 Å². The number of benzene rings is 1. The number of hydrogen-bond donors (Lipinski definition) is 1. The van der Waals surface area contributed by atoms with Crippen LogP contribution in [0.3, 0.4) is 0 Å². The van der Waals surface area contributed by atoms with Gasteiger partial charge < -0.3 is 9.80 Å². The first-order valence-electron chi connectivity index (χ1n) is 13.0. The fraction of sp³-hybridized carbons (Fsp3) is 0.600. The maximum atomic E-state index is 13.7.